The van der Waals surface area contributed by atoms with E-state index in [9.17, 15) is 4.79 Å². The van der Waals surface area contributed by atoms with Gasteiger partial charge in [0.05, 0.1) is 0 Å². The quantitative estimate of drug-likeness (QED) is 0.932. The maximum Gasteiger partial charge on any atom is 0.269 e. The monoisotopic (exact) mass is 314 g/mol. The lowest BCUT2D eigenvalue weighted by atomic mass is 9.95. The Morgan fingerprint density at radius 2 is 2.18 bits per heavy atom. The minimum atomic E-state index is -0.970. The van der Waals surface area contributed by atoms with Gasteiger partial charge in [0.25, 0.3) is 5.91 Å². The average Bonchev–Trinajstić information content (AvgIpc) is 3.00. The van der Waals surface area contributed by atoms with Gasteiger partial charge in [0.15, 0.2) is 10.7 Å². The number of rotatable bonds is 4. The number of anilines is 1. The van der Waals surface area contributed by atoms with Crippen LogP contribution in [0, 0.1) is 0 Å². The molecule has 4 nitrogen and oxygen atoms in total. The van der Waals surface area contributed by atoms with Crippen molar-refractivity contribution in [2.75, 3.05) is 5.32 Å². The van der Waals surface area contributed by atoms with E-state index in [4.69, 9.17) is 4.74 Å². The van der Waals surface area contributed by atoms with Gasteiger partial charge in [-0.15, -0.1) is 11.3 Å². The molecule has 0 radical (unpaired) electrons. The van der Waals surface area contributed by atoms with Crippen LogP contribution >= 0.6 is 11.3 Å². The Morgan fingerprint density at radius 1 is 1.36 bits per heavy atom. The largest absolute Gasteiger partial charge is 0.478 e. The third-order valence-electron chi connectivity index (χ3n) is 3.59. The van der Waals surface area contributed by atoms with Crippen LogP contribution in [-0.2, 0) is 16.0 Å². The van der Waals surface area contributed by atoms with E-state index in [1.165, 1.54) is 16.9 Å². The maximum atomic E-state index is 12.4. The first kappa shape index (κ1) is 14.8. The third kappa shape index (κ3) is 3.04. The molecule has 3 rings (SSSR count). The minimum Gasteiger partial charge on any atom is -0.478 e. The Bertz CT molecular complexity index is 705. The van der Waals surface area contributed by atoms with Gasteiger partial charge in [0.1, 0.15) is 5.76 Å². The van der Waals surface area contributed by atoms with Crippen LogP contribution in [0.3, 0.4) is 0 Å². The summed E-state index contributed by atoms with van der Waals surface area (Å²) in [6.45, 7) is 3.54. The number of benzene rings is 1. The van der Waals surface area contributed by atoms with Crippen LogP contribution in [0.1, 0.15) is 31.4 Å². The van der Waals surface area contributed by atoms with Gasteiger partial charge in [0, 0.05) is 17.1 Å². The third-order valence-corrected chi connectivity index (χ3v) is 4.28. The van der Waals surface area contributed by atoms with Crippen LogP contribution in [0.4, 0.5) is 5.13 Å². The fraction of sp³-hybridized carbons (Fsp3) is 0.294. The minimum absolute atomic E-state index is 0.202. The summed E-state index contributed by atoms with van der Waals surface area (Å²) in [5, 5.41) is 5.20. The number of allylic oxidation sites excluding steroid dienone is 1. The molecule has 22 heavy (non-hydrogen) atoms. The van der Waals surface area contributed by atoms with Gasteiger partial charge in [-0.3, -0.25) is 10.1 Å². The van der Waals surface area contributed by atoms with Crippen molar-refractivity contribution in [1.29, 1.82) is 0 Å². The molecule has 0 unspecified atom stereocenters. The number of aryl methyl sites for hydroxylation is 1. The van der Waals surface area contributed by atoms with Crippen molar-refractivity contribution in [2.24, 2.45) is 0 Å². The van der Waals surface area contributed by atoms with Crippen LogP contribution < -0.4 is 5.32 Å². The fourth-order valence-electron chi connectivity index (χ4n) is 2.40. The van der Waals surface area contributed by atoms with E-state index in [0.29, 0.717) is 5.13 Å². The zero-order valence-corrected chi connectivity index (χ0v) is 13.4. The number of amides is 1. The van der Waals surface area contributed by atoms with Crippen molar-refractivity contribution in [3.05, 3.63) is 53.0 Å². The maximum absolute atomic E-state index is 12.4. The standard InChI is InChI=1S/C17H18N2O2S/c1-17(2,15(20)19-16-18-10-11-22-16)21-14-9-5-7-12-6-3-4-8-13(12)14/h3-4,6,8-11H,5,7H2,1-2H3,(H,18,19,20). The molecule has 1 aromatic carbocycles. The Kier molecular flexibility index (Phi) is 3.98. The van der Waals surface area contributed by atoms with Crippen LogP contribution in [0.15, 0.2) is 41.9 Å². The predicted molar refractivity (Wildman–Crippen MR) is 88.6 cm³/mol. The summed E-state index contributed by atoms with van der Waals surface area (Å²) in [6.07, 6.45) is 5.65. The molecular formula is C17H18N2O2S. The van der Waals surface area contributed by atoms with Gasteiger partial charge in [-0.25, -0.2) is 4.98 Å². The van der Waals surface area contributed by atoms with Crippen molar-refractivity contribution in [3.63, 3.8) is 0 Å². The second-order valence-electron chi connectivity index (χ2n) is 5.67. The molecule has 1 N–H and O–H groups in total. The molecule has 114 valence electrons. The number of hydrogen-bond donors (Lipinski definition) is 1. The molecule has 1 aromatic heterocycles. The lowest BCUT2D eigenvalue weighted by molar-refractivity contribution is -0.130. The number of aromatic nitrogens is 1. The van der Waals surface area contributed by atoms with E-state index in [-0.39, 0.29) is 5.91 Å². The van der Waals surface area contributed by atoms with Crippen molar-refractivity contribution >= 4 is 28.1 Å². The summed E-state index contributed by atoms with van der Waals surface area (Å²) in [5.41, 5.74) is 1.36. The predicted octanol–water partition coefficient (Wildman–Crippen LogP) is 3.86. The molecule has 1 heterocycles. The first-order chi connectivity index (χ1) is 10.6. The number of thiazole rings is 1. The van der Waals surface area contributed by atoms with Gasteiger partial charge in [-0.2, -0.15) is 0 Å². The normalized spacial score (nSPS) is 14.0. The van der Waals surface area contributed by atoms with E-state index in [2.05, 4.69) is 22.4 Å². The molecule has 0 bridgehead atoms. The first-order valence-corrected chi connectivity index (χ1v) is 8.12. The molecule has 1 aliphatic rings. The fourth-order valence-corrected chi connectivity index (χ4v) is 2.92. The molecule has 0 atom stereocenters. The number of nitrogens with zero attached hydrogens (tertiary/aromatic N) is 1. The molecule has 0 spiro atoms. The zero-order valence-electron chi connectivity index (χ0n) is 12.6. The second kappa shape index (κ2) is 5.93. The van der Waals surface area contributed by atoms with E-state index >= 15 is 0 Å². The summed E-state index contributed by atoms with van der Waals surface area (Å²) in [7, 11) is 0. The number of carbonyl (C=O) groups is 1. The molecular weight excluding hydrogens is 296 g/mol. The van der Waals surface area contributed by atoms with Crippen LogP contribution in [0.2, 0.25) is 0 Å². The highest BCUT2D eigenvalue weighted by atomic mass is 32.1. The number of fused-ring (bicyclic) bond motifs is 1. The van der Waals surface area contributed by atoms with E-state index in [0.717, 1.165) is 24.2 Å². The summed E-state index contributed by atoms with van der Waals surface area (Å²) >= 11 is 1.39. The van der Waals surface area contributed by atoms with E-state index in [1.54, 1.807) is 20.0 Å². The molecule has 5 heteroatoms. The van der Waals surface area contributed by atoms with Gasteiger partial charge >= 0.3 is 0 Å². The van der Waals surface area contributed by atoms with E-state index < -0.39 is 5.60 Å². The molecule has 0 saturated heterocycles. The van der Waals surface area contributed by atoms with Crippen LogP contribution in [0.25, 0.3) is 5.76 Å². The van der Waals surface area contributed by atoms with Crippen molar-refractivity contribution < 1.29 is 9.53 Å². The van der Waals surface area contributed by atoms with Crippen molar-refractivity contribution in [2.45, 2.75) is 32.3 Å². The smallest absolute Gasteiger partial charge is 0.269 e. The average molecular weight is 314 g/mol. The summed E-state index contributed by atoms with van der Waals surface area (Å²) < 4.78 is 6.04. The van der Waals surface area contributed by atoms with E-state index in [1.807, 2.05) is 23.6 Å². The molecule has 1 aliphatic carbocycles. The molecule has 1 amide bonds. The number of carbonyl (C=O) groups excluding carboxylic acids is 1. The Labute approximate surface area is 133 Å². The van der Waals surface area contributed by atoms with Gasteiger partial charge in [0.2, 0.25) is 0 Å². The zero-order chi connectivity index (χ0) is 15.6. The summed E-state index contributed by atoms with van der Waals surface area (Å²) in [4.78, 5) is 16.5. The lowest BCUT2D eigenvalue weighted by Crippen LogP contribution is -2.39. The van der Waals surface area contributed by atoms with Gasteiger partial charge in [-0.1, -0.05) is 24.3 Å². The molecule has 2 aromatic rings. The SMILES string of the molecule is CC(C)(OC1=CCCc2ccccc21)C(=O)Nc1nccs1. The molecule has 0 aliphatic heterocycles. The highest BCUT2D eigenvalue weighted by Gasteiger charge is 2.32. The molecule has 0 saturated carbocycles. The van der Waals surface area contributed by atoms with Crippen LogP contribution in [-0.4, -0.2) is 16.5 Å². The van der Waals surface area contributed by atoms with Crippen molar-refractivity contribution in [1.82, 2.24) is 4.98 Å². The number of nitrogens with one attached hydrogen (secondary N) is 1. The number of hydrogen-bond acceptors (Lipinski definition) is 4. The summed E-state index contributed by atoms with van der Waals surface area (Å²) in [5.74, 6) is 0.576. The highest BCUT2D eigenvalue weighted by molar-refractivity contribution is 7.13. The Balaban J connectivity index is 1.76. The second-order valence-corrected chi connectivity index (χ2v) is 6.56. The lowest BCUT2D eigenvalue weighted by Gasteiger charge is -2.28. The van der Waals surface area contributed by atoms with Crippen molar-refractivity contribution in [3.8, 4) is 0 Å². The highest BCUT2D eigenvalue weighted by Crippen LogP contribution is 2.31. The van der Waals surface area contributed by atoms with Crippen LogP contribution in [0.5, 0.6) is 0 Å². The Morgan fingerprint density at radius 3 is 2.95 bits per heavy atom. The van der Waals surface area contributed by atoms with Gasteiger partial charge in [-0.05, 0) is 38.3 Å². The number of ether oxygens (including phenoxy) is 1. The summed E-state index contributed by atoms with van der Waals surface area (Å²) in [6, 6.07) is 8.16. The topological polar surface area (TPSA) is 51.2 Å². The first-order valence-electron chi connectivity index (χ1n) is 7.25. The van der Waals surface area contributed by atoms with Gasteiger partial charge < -0.3 is 4.74 Å². The Hall–Kier alpha value is -2.14. The molecule has 0 fully saturated rings.